The number of nitriles is 2. The molecule has 2 fully saturated rings. The van der Waals surface area contributed by atoms with E-state index in [1.165, 1.54) is 16.9 Å². The zero-order valence-corrected chi connectivity index (χ0v) is 14.3. The summed E-state index contributed by atoms with van der Waals surface area (Å²) in [7, 11) is 0. The van der Waals surface area contributed by atoms with Crippen LogP contribution < -0.4 is 4.90 Å². The van der Waals surface area contributed by atoms with Gasteiger partial charge in [-0.05, 0) is 54.4 Å². The molecule has 1 aliphatic heterocycles. The minimum Gasteiger partial charge on any atom is -0.357 e. The van der Waals surface area contributed by atoms with Crippen LogP contribution in [0, 0.1) is 40.4 Å². The van der Waals surface area contributed by atoms with Gasteiger partial charge in [-0.3, -0.25) is 4.40 Å². The number of piperidine rings is 1. The van der Waals surface area contributed by atoms with Crippen molar-refractivity contribution in [3.8, 4) is 12.1 Å². The molecule has 0 amide bonds. The molecule has 5 heteroatoms. The lowest BCUT2D eigenvalue weighted by molar-refractivity contribution is 0.728. The summed E-state index contributed by atoms with van der Waals surface area (Å²) in [6, 6.07) is 13.0. The Morgan fingerprint density at radius 2 is 1.81 bits per heavy atom. The quantitative estimate of drug-likeness (QED) is 0.683. The van der Waals surface area contributed by atoms with Gasteiger partial charge in [-0.2, -0.15) is 10.5 Å². The maximum Gasteiger partial charge on any atom is 0.157 e. The van der Waals surface area contributed by atoms with Crippen LogP contribution in [0.2, 0.25) is 0 Å². The maximum atomic E-state index is 9.84. The molecule has 0 bridgehead atoms. The Labute approximate surface area is 151 Å². The second kappa shape index (κ2) is 4.77. The zero-order valence-electron chi connectivity index (χ0n) is 14.3. The maximum absolute atomic E-state index is 9.84. The number of aromatic nitrogens is 2. The SMILES string of the molecule is N#Cc1c2c(c(N3C[C@@H]4[C@@H](C#N)[C@@H]4C3)n3c1nc1ccccc13)CCC2. The second-order valence-electron chi connectivity index (χ2n) is 7.77. The molecule has 2 aromatic heterocycles. The Kier molecular flexibility index (Phi) is 2.60. The van der Waals surface area contributed by atoms with Crippen LogP contribution >= 0.6 is 0 Å². The Bertz CT molecular complexity index is 1160. The van der Waals surface area contributed by atoms with Crippen LogP contribution in [-0.4, -0.2) is 22.5 Å². The Morgan fingerprint density at radius 1 is 1.04 bits per heavy atom. The van der Waals surface area contributed by atoms with E-state index < -0.39 is 0 Å². The molecule has 3 aliphatic rings. The van der Waals surface area contributed by atoms with E-state index in [1.54, 1.807) is 0 Å². The lowest BCUT2D eigenvalue weighted by Gasteiger charge is -2.26. The van der Waals surface area contributed by atoms with Gasteiger partial charge in [0.1, 0.15) is 11.9 Å². The fraction of sp³-hybridized carbons (Fsp3) is 0.381. The average molecular weight is 339 g/mol. The highest BCUT2D eigenvalue weighted by molar-refractivity contribution is 5.86. The minimum absolute atomic E-state index is 0.243. The van der Waals surface area contributed by atoms with E-state index in [-0.39, 0.29) is 5.92 Å². The standard InChI is InChI=1S/C21H17N5/c22-8-14-16-10-25(11-17(14)16)21-13-5-3-4-12(13)15(9-23)20-24-18-6-1-2-7-19(18)26(20)21/h1-2,6-7,14,16-17H,3-5,10-11H2/t14-,16-,17+. The number of benzene rings is 1. The molecule has 0 spiro atoms. The number of anilines is 1. The molecule has 5 nitrogen and oxygen atoms in total. The van der Waals surface area contributed by atoms with Gasteiger partial charge in [0, 0.05) is 13.1 Å². The molecule has 6 rings (SSSR count). The number of fused-ring (bicyclic) bond motifs is 5. The topological polar surface area (TPSA) is 68.1 Å². The molecule has 126 valence electrons. The summed E-state index contributed by atoms with van der Waals surface area (Å²) in [5, 5.41) is 19.1. The largest absolute Gasteiger partial charge is 0.357 e. The van der Waals surface area contributed by atoms with Crippen molar-refractivity contribution < 1.29 is 0 Å². The highest BCUT2D eigenvalue weighted by Gasteiger charge is 2.56. The van der Waals surface area contributed by atoms with Crippen molar-refractivity contribution in [3.63, 3.8) is 0 Å². The van der Waals surface area contributed by atoms with Gasteiger partial charge in [0.05, 0.1) is 28.6 Å². The summed E-state index contributed by atoms with van der Waals surface area (Å²) in [5.41, 5.74) is 6.07. The van der Waals surface area contributed by atoms with Gasteiger partial charge in [0.25, 0.3) is 0 Å². The summed E-state index contributed by atoms with van der Waals surface area (Å²) in [6.07, 6.45) is 3.09. The van der Waals surface area contributed by atoms with Gasteiger partial charge < -0.3 is 4.90 Å². The van der Waals surface area contributed by atoms with Crippen LogP contribution in [0.15, 0.2) is 24.3 Å². The number of pyridine rings is 1. The number of hydrogen-bond acceptors (Lipinski definition) is 4. The predicted octanol–water partition coefficient (Wildman–Crippen LogP) is 3.05. The third kappa shape index (κ3) is 1.61. The van der Waals surface area contributed by atoms with Gasteiger partial charge in [0.15, 0.2) is 5.65 Å². The van der Waals surface area contributed by atoms with Gasteiger partial charge in [-0.25, -0.2) is 4.98 Å². The minimum atomic E-state index is 0.243. The van der Waals surface area contributed by atoms with Gasteiger partial charge >= 0.3 is 0 Å². The summed E-state index contributed by atoms with van der Waals surface area (Å²) in [5.74, 6) is 2.49. The highest BCUT2D eigenvalue weighted by Crippen LogP contribution is 2.53. The van der Waals surface area contributed by atoms with E-state index in [0.29, 0.717) is 11.8 Å². The third-order valence-electron chi connectivity index (χ3n) is 6.54. The van der Waals surface area contributed by atoms with Crippen molar-refractivity contribution in [1.29, 1.82) is 10.5 Å². The summed E-state index contributed by atoms with van der Waals surface area (Å²) in [4.78, 5) is 7.27. The van der Waals surface area contributed by atoms with Crippen molar-refractivity contribution in [1.82, 2.24) is 9.38 Å². The second-order valence-corrected chi connectivity index (χ2v) is 7.77. The number of imidazole rings is 1. The fourth-order valence-electron chi connectivity index (χ4n) is 5.28. The zero-order chi connectivity index (χ0) is 17.4. The summed E-state index contributed by atoms with van der Waals surface area (Å²) >= 11 is 0. The van der Waals surface area contributed by atoms with Crippen molar-refractivity contribution in [2.45, 2.75) is 19.3 Å². The molecular formula is C21H17N5. The van der Waals surface area contributed by atoms with Gasteiger partial charge in [-0.15, -0.1) is 0 Å². The van der Waals surface area contributed by atoms with Crippen LogP contribution in [0.1, 0.15) is 23.1 Å². The van der Waals surface area contributed by atoms with Gasteiger partial charge in [-0.1, -0.05) is 12.1 Å². The first-order valence-electron chi connectivity index (χ1n) is 9.31. The van der Waals surface area contributed by atoms with E-state index in [0.717, 1.165) is 54.6 Å². The van der Waals surface area contributed by atoms with Gasteiger partial charge in [0.2, 0.25) is 0 Å². The van der Waals surface area contributed by atoms with Crippen LogP contribution in [-0.2, 0) is 12.8 Å². The smallest absolute Gasteiger partial charge is 0.157 e. The fourth-order valence-corrected chi connectivity index (χ4v) is 5.28. The van der Waals surface area contributed by atoms with Crippen LogP contribution in [0.25, 0.3) is 16.7 Å². The molecule has 1 saturated carbocycles. The van der Waals surface area contributed by atoms with Crippen LogP contribution in [0.3, 0.4) is 0 Å². The van der Waals surface area contributed by atoms with Crippen molar-refractivity contribution in [3.05, 3.63) is 41.0 Å². The van der Waals surface area contributed by atoms with Crippen molar-refractivity contribution in [2.75, 3.05) is 18.0 Å². The molecular weight excluding hydrogens is 322 g/mol. The molecule has 2 aliphatic carbocycles. The van der Waals surface area contributed by atoms with E-state index in [9.17, 15) is 10.5 Å². The number of para-hydroxylation sites is 2. The molecule has 26 heavy (non-hydrogen) atoms. The van der Waals surface area contributed by atoms with Crippen LogP contribution in [0.4, 0.5) is 5.82 Å². The molecule has 1 aromatic carbocycles. The summed E-state index contributed by atoms with van der Waals surface area (Å²) < 4.78 is 2.21. The van der Waals surface area contributed by atoms with Crippen molar-refractivity contribution >= 4 is 22.5 Å². The lowest BCUT2D eigenvalue weighted by atomic mass is 10.1. The first-order chi connectivity index (χ1) is 12.8. The normalized spacial score (nSPS) is 25.9. The average Bonchev–Trinajstić information content (AvgIpc) is 3.12. The van der Waals surface area contributed by atoms with Crippen molar-refractivity contribution in [2.24, 2.45) is 17.8 Å². The first-order valence-corrected chi connectivity index (χ1v) is 9.31. The third-order valence-corrected chi connectivity index (χ3v) is 6.54. The van der Waals surface area contributed by atoms with E-state index in [1.807, 2.05) is 18.2 Å². The van der Waals surface area contributed by atoms with E-state index in [2.05, 4.69) is 27.5 Å². The first kappa shape index (κ1) is 14.2. The number of rotatable bonds is 1. The molecule has 3 atom stereocenters. The molecule has 0 radical (unpaired) electrons. The number of nitrogens with zero attached hydrogens (tertiary/aromatic N) is 5. The molecule has 3 aromatic rings. The Hall–Kier alpha value is -3.05. The Balaban J connectivity index is 1.66. The Morgan fingerprint density at radius 3 is 2.58 bits per heavy atom. The molecule has 1 saturated heterocycles. The number of hydrogen-bond donors (Lipinski definition) is 0. The predicted molar refractivity (Wildman–Crippen MR) is 97.7 cm³/mol. The van der Waals surface area contributed by atoms with E-state index >= 15 is 0 Å². The van der Waals surface area contributed by atoms with Crippen LogP contribution in [0.5, 0.6) is 0 Å². The lowest BCUT2D eigenvalue weighted by Crippen LogP contribution is -2.27. The summed E-state index contributed by atoms with van der Waals surface area (Å²) in [6.45, 7) is 1.89. The van der Waals surface area contributed by atoms with E-state index in [4.69, 9.17) is 4.98 Å². The molecule has 3 heterocycles. The highest BCUT2D eigenvalue weighted by atomic mass is 15.3. The monoisotopic (exact) mass is 339 g/mol. The molecule has 0 unspecified atom stereocenters. The molecule has 0 N–H and O–H groups in total.